The molecule has 2 heterocycles. The number of methoxy groups -OCH3 is 4. The SMILES string of the molecule is COc1ccc(/C=C2/CCC[C@@H]3C2=NN(C(=O)c2ccco2)[C@@H]3c2ccc(OC)c(OC)c2)cc1OC. The summed E-state index contributed by atoms with van der Waals surface area (Å²) in [7, 11) is 6.45. The molecule has 0 radical (unpaired) electrons. The van der Waals surface area contributed by atoms with Gasteiger partial charge in [-0.15, -0.1) is 0 Å². The molecule has 0 unspecified atom stereocenters. The van der Waals surface area contributed by atoms with Gasteiger partial charge in [0, 0.05) is 5.92 Å². The van der Waals surface area contributed by atoms with Crippen LogP contribution in [0.1, 0.15) is 47.0 Å². The number of fused-ring (bicyclic) bond motifs is 1. The van der Waals surface area contributed by atoms with Crippen LogP contribution < -0.4 is 18.9 Å². The van der Waals surface area contributed by atoms with Crippen LogP contribution in [0.3, 0.4) is 0 Å². The van der Waals surface area contributed by atoms with Gasteiger partial charge in [0.1, 0.15) is 0 Å². The molecule has 1 fully saturated rings. The fourth-order valence-corrected chi connectivity index (χ4v) is 5.19. The zero-order valence-corrected chi connectivity index (χ0v) is 21.4. The quantitative estimate of drug-likeness (QED) is 0.409. The maximum atomic E-state index is 13.6. The van der Waals surface area contributed by atoms with E-state index in [0.717, 1.165) is 41.7 Å². The molecule has 1 aliphatic heterocycles. The molecule has 0 bridgehead atoms. The van der Waals surface area contributed by atoms with Crippen LogP contribution in [0.2, 0.25) is 0 Å². The van der Waals surface area contributed by atoms with Crippen LogP contribution >= 0.6 is 0 Å². The molecule has 2 atom stereocenters. The van der Waals surface area contributed by atoms with Crippen molar-refractivity contribution in [3.8, 4) is 23.0 Å². The molecule has 37 heavy (non-hydrogen) atoms. The summed E-state index contributed by atoms with van der Waals surface area (Å²) in [6.07, 6.45) is 6.38. The molecular weight excluding hydrogens is 472 g/mol. The summed E-state index contributed by atoms with van der Waals surface area (Å²) in [6.45, 7) is 0. The van der Waals surface area contributed by atoms with E-state index in [0.29, 0.717) is 23.0 Å². The molecule has 1 saturated carbocycles. The van der Waals surface area contributed by atoms with Gasteiger partial charge in [0.2, 0.25) is 0 Å². The highest BCUT2D eigenvalue weighted by Crippen LogP contribution is 2.46. The van der Waals surface area contributed by atoms with Crippen molar-refractivity contribution in [1.29, 1.82) is 0 Å². The van der Waals surface area contributed by atoms with Gasteiger partial charge in [-0.25, -0.2) is 5.01 Å². The van der Waals surface area contributed by atoms with Crippen molar-refractivity contribution < 1.29 is 28.2 Å². The van der Waals surface area contributed by atoms with Crippen LogP contribution in [0.15, 0.2) is 69.9 Å². The van der Waals surface area contributed by atoms with E-state index in [1.165, 1.54) is 6.26 Å². The number of allylic oxidation sites excluding steroid dienone is 1. The number of rotatable bonds is 7. The Morgan fingerprint density at radius 2 is 1.65 bits per heavy atom. The van der Waals surface area contributed by atoms with E-state index >= 15 is 0 Å². The maximum absolute atomic E-state index is 13.6. The zero-order chi connectivity index (χ0) is 25.9. The summed E-state index contributed by atoms with van der Waals surface area (Å²) in [5, 5.41) is 6.48. The molecule has 1 aromatic heterocycles. The van der Waals surface area contributed by atoms with Crippen molar-refractivity contribution in [2.24, 2.45) is 11.0 Å². The number of ether oxygens (including phenoxy) is 4. The Balaban J connectivity index is 1.57. The second kappa shape index (κ2) is 10.4. The molecule has 5 rings (SSSR count). The van der Waals surface area contributed by atoms with Gasteiger partial charge in [-0.3, -0.25) is 4.79 Å². The van der Waals surface area contributed by atoms with E-state index in [4.69, 9.17) is 28.5 Å². The summed E-state index contributed by atoms with van der Waals surface area (Å²) in [5.41, 5.74) is 3.92. The molecule has 2 aromatic carbocycles. The number of nitrogens with zero attached hydrogens (tertiary/aromatic N) is 2. The number of hydrogen-bond donors (Lipinski definition) is 0. The van der Waals surface area contributed by atoms with Crippen molar-refractivity contribution in [1.82, 2.24) is 5.01 Å². The van der Waals surface area contributed by atoms with Gasteiger partial charge in [-0.2, -0.15) is 5.10 Å². The van der Waals surface area contributed by atoms with E-state index < -0.39 is 0 Å². The van der Waals surface area contributed by atoms with Crippen LogP contribution in [0.25, 0.3) is 6.08 Å². The third kappa shape index (κ3) is 4.55. The molecular formula is C29H30N2O6. The molecule has 0 N–H and O–H groups in total. The first-order valence-electron chi connectivity index (χ1n) is 12.2. The first kappa shape index (κ1) is 24.5. The van der Waals surface area contributed by atoms with Crippen LogP contribution in [0, 0.1) is 5.92 Å². The largest absolute Gasteiger partial charge is 0.493 e. The lowest BCUT2D eigenvalue weighted by Gasteiger charge is -2.29. The third-order valence-corrected chi connectivity index (χ3v) is 6.94. The van der Waals surface area contributed by atoms with Gasteiger partial charge < -0.3 is 23.4 Å². The highest BCUT2D eigenvalue weighted by atomic mass is 16.5. The number of carbonyl (C=O) groups excluding carboxylic acids is 1. The molecule has 0 spiro atoms. The summed E-state index contributed by atoms with van der Waals surface area (Å²) >= 11 is 0. The molecule has 1 amide bonds. The average Bonchev–Trinajstić information content (AvgIpc) is 3.61. The fraction of sp³-hybridized carbons (Fsp3) is 0.310. The minimum absolute atomic E-state index is 0.0251. The second-order valence-corrected chi connectivity index (χ2v) is 8.95. The Morgan fingerprint density at radius 1 is 0.946 bits per heavy atom. The van der Waals surface area contributed by atoms with Gasteiger partial charge in [0.25, 0.3) is 0 Å². The fourth-order valence-electron chi connectivity index (χ4n) is 5.19. The number of amides is 1. The van der Waals surface area contributed by atoms with Crippen LogP contribution in [-0.2, 0) is 0 Å². The minimum Gasteiger partial charge on any atom is -0.493 e. The van der Waals surface area contributed by atoms with Gasteiger partial charge in [-0.1, -0.05) is 12.1 Å². The predicted molar refractivity (Wildman–Crippen MR) is 139 cm³/mol. The Morgan fingerprint density at radius 3 is 2.32 bits per heavy atom. The van der Waals surface area contributed by atoms with Crippen LogP contribution in [-0.4, -0.2) is 45.1 Å². The van der Waals surface area contributed by atoms with Crippen molar-refractivity contribution in [2.45, 2.75) is 25.3 Å². The number of hydrazone groups is 1. The average molecular weight is 503 g/mol. The highest BCUT2D eigenvalue weighted by molar-refractivity contribution is 6.09. The number of furan rings is 1. The molecule has 1 aliphatic carbocycles. The van der Waals surface area contributed by atoms with E-state index in [-0.39, 0.29) is 23.6 Å². The van der Waals surface area contributed by atoms with Gasteiger partial charge >= 0.3 is 5.91 Å². The van der Waals surface area contributed by atoms with E-state index in [1.54, 1.807) is 45.6 Å². The Bertz CT molecular complexity index is 1340. The summed E-state index contributed by atoms with van der Waals surface area (Å²) in [6, 6.07) is 14.7. The van der Waals surface area contributed by atoms with Gasteiger partial charge in [-0.05, 0) is 78.4 Å². The Hall–Kier alpha value is -4.20. The van der Waals surface area contributed by atoms with Crippen molar-refractivity contribution in [3.05, 3.63) is 77.3 Å². The van der Waals surface area contributed by atoms with Gasteiger partial charge in [0.15, 0.2) is 28.8 Å². The van der Waals surface area contributed by atoms with Crippen molar-refractivity contribution in [3.63, 3.8) is 0 Å². The number of benzene rings is 2. The number of carbonyl (C=O) groups is 1. The Labute approximate surface area is 216 Å². The van der Waals surface area contributed by atoms with Crippen LogP contribution in [0.4, 0.5) is 0 Å². The normalized spacial score (nSPS) is 19.8. The molecule has 192 valence electrons. The zero-order valence-electron chi connectivity index (χ0n) is 21.4. The summed E-state index contributed by atoms with van der Waals surface area (Å²) in [5.74, 6) is 2.57. The lowest BCUT2D eigenvalue weighted by molar-refractivity contribution is 0.0648. The van der Waals surface area contributed by atoms with Crippen molar-refractivity contribution >= 4 is 17.7 Å². The summed E-state index contributed by atoms with van der Waals surface area (Å²) in [4.78, 5) is 13.6. The molecule has 2 aliphatic rings. The van der Waals surface area contributed by atoms with E-state index in [2.05, 4.69) is 6.08 Å². The number of hydrogen-bond acceptors (Lipinski definition) is 7. The van der Waals surface area contributed by atoms with Crippen molar-refractivity contribution in [2.75, 3.05) is 28.4 Å². The lowest BCUT2D eigenvalue weighted by Crippen LogP contribution is -2.31. The molecule has 3 aromatic rings. The molecule has 8 heteroatoms. The molecule has 8 nitrogen and oxygen atoms in total. The third-order valence-electron chi connectivity index (χ3n) is 6.94. The summed E-state index contributed by atoms with van der Waals surface area (Å²) < 4.78 is 27.3. The standard InChI is InChI=1S/C29H30N2O6/c1-33-22-12-10-18(16-25(22)35-3)15-19-7-5-8-21-27(19)30-31(29(32)24-9-6-14-37-24)28(21)20-11-13-23(34-2)26(17-20)36-4/h6,9-17,21,28H,5,7-8H2,1-4H3/b19-15-/t21-,28-/m1/s1. The second-order valence-electron chi connectivity index (χ2n) is 8.95. The first-order valence-corrected chi connectivity index (χ1v) is 12.2. The van der Waals surface area contributed by atoms with E-state index in [9.17, 15) is 4.79 Å². The van der Waals surface area contributed by atoms with Crippen LogP contribution in [0.5, 0.6) is 23.0 Å². The smallest absolute Gasteiger partial charge is 0.310 e. The minimum atomic E-state index is -0.304. The monoisotopic (exact) mass is 502 g/mol. The highest BCUT2D eigenvalue weighted by Gasteiger charge is 2.44. The maximum Gasteiger partial charge on any atom is 0.310 e. The topological polar surface area (TPSA) is 82.7 Å². The molecule has 0 saturated heterocycles. The lowest BCUT2D eigenvalue weighted by atomic mass is 9.77. The first-order chi connectivity index (χ1) is 18.1. The van der Waals surface area contributed by atoms with Gasteiger partial charge in [0.05, 0.1) is 46.5 Å². The Kier molecular flexibility index (Phi) is 6.90. The van der Waals surface area contributed by atoms with E-state index in [1.807, 2.05) is 36.4 Å². The predicted octanol–water partition coefficient (Wildman–Crippen LogP) is 5.75.